The van der Waals surface area contributed by atoms with Crippen LogP contribution in [0.1, 0.15) is 115 Å². The first-order valence-corrected chi connectivity index (χ1v) is 22.8. The van der Waals surface area contributed by atoms with Gasteiger partial charge in [0.2, 0.25) is 23.6 Å². The molecule has 0 bridgehead atoms. The molecular formula is C50H75N7O10. The highest BCUT2D eigenvalue weighted by molar-refractivity contribution is 6.12. The third-order valence-corrected chi connectivity index (χ3v) is 11.5. The monoisotopic (exact) mass is 934 g/mol. The van der Waals surface area contributed by atoms with E-state index in [0.29, 0.717) is 0 Å². The fourth-order valence-corrected chi connectivity index (χ4v) is 7.95. The van der Waals surface area contributed by atoms with Crippen molar-refractivity contribution in [2.75, 3.05) is 27.2 Å². The molecule has 0 fully saturated rings. The number of aryl methyl sites for hydroxylation is 1. The van der Waals surface area contributed by atoms with E-state index in [1.54, 1.807) is 61.6 Å². The van der Waals surface area contributed by atoms with E-state index < -0.39 is 93.7 Å². The van der Waals surface area contributed by atoms with Gasteiger partial charge >= 0.3 is 12.1 Å². The lowest BCUT2D eigenvalue weighted by Gasteiger charge is -2.42. The molecule has 17 nitrogen and oxygen atoms in total. The molecule has 1 aromatic heterocycles. The Morgan fingerprint density at radius 2 is 1.37 bits per heavy atom. The summed E-state index contributed by atoms with van der Waals surface area (Å²) < 4.78 is 13.3. The second-order valence-corrected chi connectivity index (χ2v) is 21.3. The van der Waals surface area contributed by atoms with Crippen LogP contribution in [0.15, 0.2) is 54.3 Å². The first-order chi connectivity index (χ1) is 30.7. The highest BCUT2D eigenvalue weighted by atomic mass is 16.6. The van der Waals surface area contributed by atoms with Crippen molar-refractivity contribution >= 4 is 58.4 Å². The Kier molecular flexibility index (Phi) is 18.0. The topological polar surface area (TPSA) is 206 Å². The fourth-order valence-electron chi connectivity index (χ4n) is 7.95. The molecule has 0 aliphatic carbocycles. The molecule has 1 aromatic carbocycles. The summed E-state index contributed by atoms with van der Waals surface area (Å²) in [6.45, 7) is 24.8. The highest BCUT2D eigenvalue weighted by Crippen LogP contribution is 2.37. The smallest absolute Gasteiger partial charge is 0.410 e. The number of benzene rings is 1. The van der Waals surface area contributed by atoms with Gasteiger partial charge in [0.15, 0.2) is 0 Å². The predicted octanol–water partition coefficient (Wildman–Crippen LogP) is 5.30. The van der Waals surface area contributed by atoms with E-state index in [2.05, 4.69) is 16.0 Å². The number of imide groups is 1. The molecule has 370 valence electrons. The third kappa shape index (κ3) is 14.7. The maximum absolute atomic E-state index is 14.9. The number of carbonyl (C=O) groups excluding carboxylic acids is 8. The summed E-state index contributed by atoms with van der Waals surface area (Å²) >= 11 is 0. The van der Waals surface area contributed by atoms with Gasteiger partial charge in [-0.3, -0.25) is 38.6 Å². The Labute approximate surface area is 396 Å². The number of fused-ring (bicyclic) bond motifs is 1. The minimum atomic E-state index is -1.23. The number of carbonyl (C=O) groups is 8. The van der Waals surface area contributed by atoms with E-state index in [0.717, 1.165) is 33.5 Å². The molecule has 4 atom stereocenters. The van der Waals surface area contributed by atoms with Gasteiger partial charge in [0.25, 0.3) is 11.8 Å². The molecule has 0 spiro atoms. The SMILES string of the molecule is C/C(=C\C(C(C)C)N(C)C(=O)[C@@H](NC(=O)[C@@H](N(C)C(=O)OC(C)(C)C)C(C)(C)c1cn(C)c2ccccc12)C(C)(C)C)C(=O)N[C@H](CCC(=O)NCCN1C(=O)C=CC1=O)C(=O)OC(C)(C)C. The Morgan fingerprint density at radius 1 is 0.806 bits per heavy atom. The van der Waals surface area contributed by atoms with Crippen LogP contribution in [0, 0.1) is 11.3 Å². The lowest BCUT2D eigenvalue weighted by atomic mass is 9.76. The lowest BCUT2D eigenvalue weighted by molar-refractivity contribution is -0.158. The van der Waals surface area contributed by atoms with E-state index in [1.165, 1.54) is 16.8 Å². The number of esters is 1. The molecule has 1 unspecified atom stereocenters. The third-order valence-electron chi connectivity index (χ3n) is 11.5. The zero-order valence-corrected chi connectivity index (χ0v) is 42.7. The van der Waals surface area contributed by atoms with Gasteiger partial charge in [-0.1, -0.05) is 72.7 Å². The van der Waals surface area contributed by atoms with Gasteiger partial charge in [-0.15, -0.1) is 0 Å². The second-order valence-electron chi connectivity index (χ2n) is 21.3. The van der Waals surface area contributed by atoms with Gasteiger partial charge in [-0.2, -0.15) is 0 Å². The van der Waals surface area contributed by atoms with Crippen LogP contribution < -0.4 is 16.0 Å². The van der Waals surface area contributed by atoms with E-state index in [4.69, 9.17) is 9.47 Å². The fraction of sp³-hybridized carbons (Fsp3) is 0.600. The normalized spacial score (nSPS) is 15.5. The molecular weight excluding hydrogens is 859 g/mol. The van der Waals surface area contributed by atoms with Crippen LogP contribution in [0.2, 0.25) is 0 Å². The van der Waals surface area contributed by atoms with Gasteiger partial charge in [0.1, 0.15) is 29.3 Å². The average Bonchev–Trinajstić information content (AvgIpc) is 3.71. The minimum Gasteiger partial charge on any atom is -0.458 e. The standard InChI is InChI=1S/C50H75N7O10/c1-30(2)36(28-31(3)42(61)52-34(45(64)66-48(7,8)9)22-23-37(58)51-26-27-57-38(59)24-25-39(57)60)55(16)44(63)40(47(4,5)6)53-43(62)41(56(17)46(65)67-49(10,11)12)50(13,14)33-29-54(15)35-21-19-18-20-32(33)35/h18-21,24-25,28-30,34,36,40-41H,22-23,26-27H2,1-17H3,(H,51,58)(H,52,61)(H,53,62)/b31-28+/t34-,36?,40-,41-/m1/s1. The minimum absolute atomic E-state index is 0.00130. The highest BCUT2D eigenvalue weighted by Gasteiger charge is 2.47. The van der Waals surface area contributed by atoms with E-state index >= 15 is 0 Å². The Morgan fingerprint density at radius 3 is 1.91 bits per heavy atom. The second kappa shape index (κ2) is 21.7. The van der Waals surface area contributed by atoms with Crippen molar-refractivity contribution in [2.24, 2.45) is 18.4 Å². The number of hydrogen-bond acceptors (Lipinski definition) is 10. The maximum atomic E-state index is 14.9. The van der Waals surface area contributed by atoms with Crippen molar-refractivity contribution in [3.8, 4) is 0 Å². The van der Waals surface area contributed by atoms with E-state index in [9.17, 15) is 38.4 Å². The number of likely N-dealkylation sites (N-methyl/N-ethyl adjacent to an activating group) is 2. The van der Waals surface area contributed by atoms with Gasteiger partial charge in [-0.25, -0.2) is 9.59 Å². The summed E-state index contributed by atoms with van der Waals surface area (Å²) in [5.41, 5.74) is -1.69. The number of hydrogen-bond donors (Lipinski definition) is 3. The summed E-state index contributed by atoms with van der Waals surface area (Å²) in [6, 6.07) is 3.62. The van der Waals surface area contributed by atoms with Crippen LogP contribution >= 0.6 is 0 Å². The molecule has 2 aromatic rings. The van der Waals surface area contributed by atoms with Gasteiger partial charge in [0, 0.05) is 80.9 Å². The molecule has 0 saturated heterocycles. The van der Waals surface area contributed by atoms with Crippen LogP contribution in [0.3, 0.4) is 0 Å². The van der Waals surface area contributed by atoms with Crippen molar-refractivity contribution in [1.82, 2.24) is 35.2 Å². The number of nitrogens with one attached hydrogen (secondary N) is 3. The van der Waals surface area contributed by atoms with Gasteiger partial charge in [0.05, 0.1) is 6.04 Å². The van der Waals surface area contributed by atoms with E-state index in [1.807, 2.05) is 90.5 Å². The largest absolute Gasteiger partial charge is 0.458 e. The van der Waals surface area contributed by atoms with Crippen LogP contribution in [0.5, 0.6) is 0 Å². The number of ether oxygens (including phenoxy) is 2. The van der Waals surface area contributed by atoms with Crippen LogP contribution in [-0.2, 0) is 55.5 Å². The molecule has 3 N–H and O–H groups in total. The van der Waals surface area contributed by atoms with E-state index in [-0.39, 0.29) is 37.4 Å². The average molecular weight is 934 g/mol. The maximum Gasteiger partial charge on any atom is 0.410 e. The zero-order chi connectivity index (χ0) is 51.1. The first-order valence-electron chi connectivity index (χ1n) is 22.8. The molecule has 2 heterocycles. The summed E-state index contributed by atoms with van der Waals surface area (Å²) in [5.74, 6) is -4.06. The number of amides is 7. The number of aromatic nitrogens is 1. The van der Waals surface area contributed by atoms with Crippen molar-refractivity contribution in [3.05, 3.63) is 59.8 Å². The molecule has 0 radical (unpaired) electrons. The molecule has 7 amide bonds. The quantitative estimate of drug-likeness (QED) is 0.1000. The van der Waals surface area contributed by atoms with Crippen molar-refractivity contribution in [2.45, 2.75) is 151 Å². The zero-order valence-electron chi connectivity index (χ0n) is 42.7. The molecule has 67 heavy (non-hydrogen) atoms. The number of para-hydroxylation sites is 1. The van der Waals surface area contributed by atoms with Gasteiger partial charge in [-0.05, 0) is 77.8 Å². The van der Waals surface area contributed by atoms with Gasteiger partial charge < -0.3 is 34.9 Å². The van der Waals surface area contributed by atoms with Crippen LogP contribution in [0.4, 0.5) is 4.79 Å². The van der Waals surface area contributed by atoms with Crippen LogP contribution in [0.25, 0.3) is 10.9 Å². The van der Waals surface area contributed by atoms with Crippen LogP contribution in [-0.4, -0.2) is 129 Å². The predicted molar refractivity (Wildman–Crippen MR) is 256 cm³/mol. The number of rotatable bonds is 18. The summed E-state index contributed by atoms with van der Waals surface area (Å²) in [5, 5.41) is 9.29. The Balaban J connectivity index is 1.91. The molecule has 3 rings (SSSR count). The molecule has 17 heteroatoms. The van der Waals surface area contributed by atoms with Crippen molar-refractivity contribution in [3.63, 3.8) is 0 Å². The molecule has 1 aliphatic rings. The lowest BCUT2D eigenvalue weighted by Crippen LogP contribution is -2.63. The van der Waals surface area contributed by atoms with Crippen molar-refractivity contribution < 1.29 is 47.8 Å². The molecule has 1 aliphatic heterocycles. The summed E-state index contributed by atoms with van der Waals surface area (Å²) in [6.07, 6.45) is 4.85. The Bertz CT molecular complexity index is 2230. The Hall–Kier alpha value is -6.00. The summed E-state index contributed by atoms with van der Waals surface area (Å²) in [4.78, 5) is 111. The van der Waals surface area contributed by atoms with Crippen molar-refractivity contribution in [1.29, 1.82) is 0 Å². The molecule has 0 saturated carbocycles. The first kappa shape index (κ1) is 55.3. The summed E-state index contributed by atoms with van der Waals surface area (Å²) in [7, 11) is 5.03. The number of nitrogens with zero attached hydrogens (tertiary/aromatic N) is 4.